The highest BCUT2D eigenvalue weighted by Gasteiger charge is 2.04. The van der Waals surface area contributed by atoms with Gasteiger partial charge in [-0.05, 0) is 42.5 Å². The fraction of sp³-hybridized carbons (Fsp3) is 0.125. The van der Waals surface area contributed by atoms with Crippen LogP contribution >= 0.6 is 15.9 Å². The van der Waals surface area contributed by atoms with Crippen molar-refractivity contribution in [3.05, 3.63) is 53.0 Å². The fourth-order valence-corrected chi connectivity index (χ4v) is 2.12. The molecular weight excluding hydrogens is 348 g/mol. The molecule has 0 aliphatic carbocycles. The third-order valence-electron chi connectivity index (χ3n) is 2.66. The van der Waals surface area contributed by atoms with Crippen molar-refractivity contribution in [3.8, 4) is 5.75 Å². The standard InChI is InChI=1S/C16H15BrN2O3/c1-11(20)18-13-5-7-14(8-6-13)19-16(21)10-22-15-4-2-3-12(17)9-15/h2-9H,10H2,1H3,(H,18,20)(H,19,21). The van der Waals surface area contributed by atoms with Crippen molar-refractivity contribution in [1.82, 2.24) is 0 Å². The smallest absolute Gasteiger partial charge is 0.262 e. The molecule has 0 saturated carbocycles. The van der Waals surface area contributed by atoms with Crippen molar-refractivity contribution in [3.63, 3.8) is 0 Å². The molecule has 0 aliphatic rings. The van der Waals surface area contributed by atoms with Gasteiger partial charge in [-0.25, -0.2) is 0 Å². The van der Waals surface area contributed by atoms with Gasteiger partial charge in [0, 0.05) is 22.8 Å². The van der Waals surface area contributed by atoms with Gasteiger partial charge in [0.15, 0.2) is 6.61 Å². The molecular formula is C16H15BrN2O3. The molecule has 2 aromatic rings. The summed E-state index contributed by atoms with van der Waals surface area (Å²) in [5, 5.41) is 5.38. The van der Waals surface area contributed by atoms with E-state index in [1.165, 1.54) is 6.92 Å². The molecule has 0 fully saturated rings. The summed E-state index contributed by atoms with van der Waals surface area (Å²) >= 11 is 3.34. The molecule has 6 heteroatoms. The van der Waals surface area contributed by atoms with Crippen LogP contribution in [0.25, 0.3) is 0 Å². The Balaban J connectivity index is 1.85. The molecule has 0 aromatic heterocycles. The van der Waals surface area contributed by atoms with Gasteiger partial charge in [-0.3, -0.25) is 9.59 Å². The Morgan fingerprint density at radius 3 is 2.27 bits per heavy atom. The van der Waals surface area contributed by atoms with E-state index in [0.717, 1.165) is 4.47 Å². The number of hydrogen-bond acceptors (Lipinski definition) is 3. The van der Waals surface area contributed by atoms with Crippen LogP contribution in [0.3, 0.4) is 0 Å². The lowest BCUT2D eigenvalue weighted by molar-refractivity contribution is -0.118. The molecule has 0 atom stereocenters. The largest absolute Gasteiger partial charge is 0.484 e. The fourth-order valence-electron chi connectivity index (χ4n) is 1.74. The SMILES string of the molecule is CC(=O)Nc1ccc(NC(=O)COc2cccc(Br)c2)cc1. The lowest BCUT2D eigenvalue weighted by Crippen LogP contribution is -2.20. The second-order valence-electron chi connectivity index (χ2n) is 4.55. The minimum atomic E-state index is -0.257. The Hall–Kier alpha value is -2.34. The number of halogens is 1. The molecule has 0 bridgehead atoms. The molecule has 0 radical (unpaired) electrons. The lowest BCUT2D eigenvalue weighted by atomic mass is 10.2. The summed E-state index contributed by atoms with van der Waals surface area (Å²) in [6.45, 7) is 1.36. The molecule has 0 saturated heterocycles. The summed E-state index contributed by atoms with van der Waals surface area (Å²) < 4.78 is 6.29. The molecule has 22 heavy (non-hydrogen) atoms. The van der Waals surface area contributed by atoms with Crippen molar-refractivity contribution in [2.75, 3.05) is 17.2 Å². The van der Waals surface area contributed by atoms with Crippen molar-refractivity contribution < 1.29 is 14.3 Å². The van der Waals surface area contributed by atoms with Crippen LogP contribution in [0.15, 0.2) is 53.0 Å². The molecule has 0 spiro atoms. The number of amides is 2. The van der Waals surface area contributed by atoms with Gasteiger partial charge in [-0.1, -0.05) is 22.0 Å². The number of carbonyl (C=O) groups is 2. The first-order valence-electron chi connectivity index (χ1n) is 6.59. The van der Waals surface area contributed by atoms with E-state index >= 15 is 0 Å². The Labute approximate surface area is 136 Å². The first-order chi connectivity index (χ1) is 10.5. The number of carbonyl (C=O) groups excluding carboxylic acids is 2. The number of ether oxygens (including phenoxy) is 1. The van der Waals surface area contributed by atoms with Crippen molar-refractivity contribution in [1.29, 1.82) is 0 Å². The summed E-state index contributed by atoms with van der Waals surface area (Å²) in [6, 6.07) is 14.1. The third-order valence-corrected chi connectivity index (χ3v) is 3.15. The van der Waals surface area contributed by atoms with E-state index in [0.29, 0.717) is 17.1 Å². The second-order valence-corrected chi connectivity index (χ2v) is 5.47. The molecule has 0 heterocycles. The number of hydrogen-bond donors (Lipinski definition) is 2. The summed E-state index contributed by atoms with van der Waals surface area (Å²) in [5.41, 5.74) is 1.31. The Kier molecular flexibility index (Phi) is 5.55. The average Bonchev–Trinajstić information content (AvgIpc) is 2.47. The van der Waals surface area contributed by atoms with E-state index < -0.39 is 0 Å². The Morgan fingerprint density at radius 1 is 1.05 bits per heavy atom. The number of nitrogens with one attached hydrogen (secondary N) is 2. The molecule has 0 aliphatic heterocycles. The van der Waals surface area contributed by atoms with Gasteiger partial charge >= 0.3 is 0 Å². The molecule has 0 unspecified atom stereocenters. The maximum absolute atomic E-state index is 11.8. The van der Waals surface area contributed by atoms with E-state index in [2.05, 4.69) is 26.6 Å². The predicted octanol–water partition coefficient (Wildman–Crippen LogP) is 3.43. The van der Waals surface area contributed by atoms with Gasteiger partial charge in [0.1, 0.15) is 5.75 Å². The molecule has 2 amide bonds. The van der Waals surface area contributed by atoms with Crippen LogP contribution in [-0.4, -0.2) is 18.4 Å². The van der Waals surface area contributed by atoms with E-state index in [1.54, 1.807) is 36.4 Å². The zero-order valence-corrected chi connectivity index (χ0v) is 13.5. The monoisotopic (exact) mass is 362 g/mol. The maximum atomic E-state index is 11.8. The second kappa shape index (κ2) is 7.61. The third kappa shape index (κ3) is 5.21. The molecule has 5 nitrogen and oxygen atoms in total. The number of benzene rings is 2. The van der Waals surface area contributed by atoms with E-state index in [1.807, 2.05) is 12.1 Å². The highest BCUT2D eigenvalue weighted by molar-refractivity contribution is 9.10. The summed E-state index contributed by atoms with van der Waals surface area (Å²) in [5.74, 6) is 0.219. The number of rotatable bonds is 5. The van der Waals surface area contributed by atoms with E-state index in [9.17, 15) is 9.59 Å². The topological polar surface area (TPSA) is 67.4 Å². The van der Waals surface area contributed by atoms with Gasteiger partial charge in [0.2, 0.25) is 5.91 Å². The van der Waals surface area contributed by atoms with Gasteiger partial charge in [-0.15, -0.1) is 0 Å². The van der Waals surface area contributed by atoms with Crippen LogP contribution in [0.5, 0.6) is 5.75 Å². The van der Waals surface area contributed by atoms with Gasteiger partial charge in [-0.2, -0.15) is 0 Å². The molecule has 2 aromatic carbocycles. The maximum Gasteiger partial charge on any atom is 0.262 e. The Morgan fingerprint density at radius 2 is 1.68 bits per heavy atom. The zero-order valence-electron chi connectivity index (χ0n) is 11.9. The minimum absolute atomic E-state index is 0.0795. The highest BCUT2D eigenvalue weighted by atomic mass is 79.9. The minimum Gasteiger partial charge on any atom is -0.484 e. The van der Waals surface area contributed by atoms with Crippen LogP contribution in [0, 0.1) is 0 Å². The first-order valence-corrected chi connectivity index (χ1v) is 7.38. The van der Waals surface area contributed by atoms with Crippen LogP contribution in [0.1, 0.15) is 6.92 Å². The van der Waals surface area contributed by atoms with E-state index in [4.69, 9.17) is 4.74 Å². The van der Waals surface area contributed by atoms with Crippen molar-refractivity contribution >= 4 is 39.1 Å². The predicted molar refractivity (Wildman–Crippen MR) is 89.0 cm³/mol. The van der Waals surface area contributed by atoms with Crippen LogP contribution in [0.4, 0.5) is 11.4 Å². The van der Waals surface area contributed by atoms with Crippen LogP contribution < -0.4 is 15.4 Å². The first kappa shape index (κ1) is 16.0. The summed E-state index contributed by atoms with van der Waals surface area (Å²) in [6.07, 6.45) is 0. The molecule has 114 valence electrons. The summed E-state index contributed by atoms with van der Waals surface area (Å²) in [7, 11) is 0. The lowest BCUT2D eigenvalue weighted by Gasteiger charge is -2.08. The average molecular weight is 363 g/mol. The van der Waals surface area contributed by atoms with Gasteiger partial charge < -0.3 is 15.4 Å². The van der Waals surface area contributed by atoms with Crippen molar-refractivity contribution in [2.45, 2.75) is 6.92 Å². The molecule has 2 N–H and O–H groups in total. The van der Waals surface area contributed by atoms with Crippen molar-refractivity contribution in [2.24, 2.45) is 0 Å². The van der Waals surface area contributed by atoms with Gasteiger partial charge in [0.05, 0.1) is 0 Å². The summed E-state index contributed by atoms with van der Waals surface area (Å²) in [4.78, 5) is 22.7. The van der Waals surface area contributed by atoms with E-state index in [-0.39, 0.29) is 18.4 Å². The highest BCUT2D eigenvalue weighted by Crippen LogP contribution is 2.18. The Bertz CT molecular complexity index is 671. The quantitative estimate of drug-likeness (QED) is 0.855. The normalized spacial score (nSPS) is 9.91. The van der Waals surface area contributed by atoms with Crippen LogP contribution in [-0.2, 0) is 9.59 Å². The zero-order chi connectivity index (χ0) is 15.9. The molecule has 2 rings (SSSR count). The number of anilines is 2. The van der Waals surface area contributed by atoms with Gasteiger partial charge in [0.25, 0.3) is 5.91 Å². The van der Waals surface area contributed by atoms with Crippen LogP contribution in [0.2, 0.25) is 0 Å².